The van der Waals surface area contributed by atoms with E-state index in [1.54, 1.807) is 12.1 Å². The van der Waals surface area contributed by atoms with Crippen LogP contribution >= 0.6 is 12.4 Å². The van der Waals surface area contributed by atoms with Crippen molar-refractivity contribution in [2.75, 3.05) is 6.54 Å². The fourth-order valence-corrected chi connectivity index (χ4v) is 1.24. The van der Waals surface area contributed by atoms with Gasteiger partial charge in [0.15, 0.2) is 0 Å². The molecule has 96 valence electrons. The first-order valence-electron chi connectivity index (χ1n) is 5.49. The van der Waals surface area contributed by atoms with Gasteiger partial charge in [-0.2, -0.15) is 0 Å². The fraction of sp³-hybridized carbons (Fsp3) is 0.462. The van der Waals surface area contributed by atoms with E-state index in [1.165, 1.54) is 0 Å². The molecule has 1 amide bonds. The topological polar surface area (TPSA) is 55.1 Å². The summed E-state index contributed by atoms with van der Waals surface area (Å²) in [5.41, 5.74) is 7.31. The summed E-state index contributed by atoms with van der Waals surface area (Å²) in [6.45, 7) is 7.44. The predicted octanol–water partition coefficient (Wildman–Crippen LogP) is 2.34. The summed E-state index contributed by atoms with van der Waals surface area (Å²) in [4.78, 5) is 11.7. The van der Waals surface area contributed by atoms with E-state index < -0.39 is 0 Å². The van der Waals surface area contributed by atoms with Crippen molar-refractivity contribution in [1.82, 2.24) is 5.32 Å². The molecule has 0 aliphatic heterocycles. The lowest BCUT2D eigenvalue weighted by atomic mass is 9.97. The minimum Gasteiger partial charge on any atom is -0.352 e. The van der Waals surface area contributed by atoms with Crippen LogP contribution in [0.25, 0.3) is 0 Å². The lowest BCUT2D eigenvalue weighted by Gasteiger charge is -2.18. The number of amides is 1. The van der Waals surface area contributed by atoms with Gasteiger partial charge in [0.05, 0.1) is 0 Å². The number of benzene rings is 1. The van der Waals surface area contributed by atoms with Gasteiger partial charge in [-0.15, -0.1) is 12.4 Å². The summed E-state index contributed by atoms with van der Waals surface area (Å²) in [5.74, 6) is -0.0292. The third kappa shape index (κ3) is 5.71. The first kappa shape index (κ1) is 15.9. The third-order valence-corrected chi connectivity index (χ3v) is 2.23. The Morgan fingerprint density at radius 1 is 1.24 bits per heavy atom. The highest BCUT2D eigenvalue weighted by Crippen LogP contribution is 2.11. The molecular formula is C13H21ClN2O. The average Bonchev–Trinajstić information content (AvgIpc) is 2.25. The van der Waals surface area contributed by atoms with Gasteiger partial charge in [0.25, 0.3) is 5.91 Å². The summed E-state index contributed by atoms with van der Waals surface area (Å²) in [6, 6.07) is 7.37. The molecule has 1 aromatic rings. The summed E-state index contributed by atoms with van der Waals surface area (Å²) in [6.07, 6.45) is 0. The third-order valence-electron chi connectivity index (χ3n) is 2.23. The molecule has 1 aromatic carbocycles. The van der Waals surface area contributed by atoms with E-state index in [-0.39, 0.29) is 23.7 Å². The minimum atomic E-state index is -0.0292. The van der Waals surface area contributed by atoms with Crippen LogP contribution in [0.2, 0.25) is 0 Å². The fourth-order valence-electron chi connectivity index (χ4n) is 1.24. The van der Waals surface area contributed by atoms with Crippen molar-refractivity contribution in [3.8, 4) is 0 Å². The van der Waals surface area contributed by atoms with Crippen LogP contribution in [-0.4, -0.2) is 12.5 Å². The maximum absolute atomic E-state index is 11.7. The van der Waals surface area contributed by atoms with Crippen molar-refractivity contribution in [3.63, 3.8) is 0 Å². The Morgan fingerprint density at radius 3 is 2.18 bits per heavy atom. The number of nitrogens with two attached hydrogens (primary N) is 1. The van der Waals surface area contributed by atoms with Crippen LogP contribution in [0.4, 0.5) is 0 Å². The molecule has 0 spiro atoms. The van der Waals surface area contributed by atoms with Gasteiger partial charge in [0.1, 0.15) is 0 Å². The molecule has 17 heavy (non-hydrogen) atoms. The van der Waals surface area contributed by atoms with E-state index >= 15 is 0 Å². The SMILES string of the molecule is CC(C)(C)CNC(=O)c1ccc(CN)cc1.Cl. The number of rotatable bonds is 3. The quantitative estimate of drug-likeness (QED) is 0.872. The van der Waals surface area contributed by atoms with Crippen LogP contribution in [0.15, 0.2) is 24.3 Å². The second kappa shape index (κ2) is 6.62. The summed E-state index contributed by atoms with van der Waals surface area (Å²) in [7, 11) is 0. The molecule has 0 aliphatic carbocycles. The molecule has 0 radical (unpaired) electrons. The Labute approximate surface area is 109 Å². The summed E-state index contributed by atoms with van der Waals surface area (Å²) in [5, 5.41) is 2.91. The van der Waals surface area contributed by atoms with Crippen LogP contribution in [0.1, 0.15) is 36.7 Å². The molecule has 4 heteroatoms. The molecular weight excluding hydrogens is 236 g/mol. The van der Waals surface area contributed by atoms with Crippen molar-refractivity contribution in [2.45, 2.75) is 27.3 Å². The summed E-state index contributed by atoms with van der Waals surface area (Å²) >= 11 is 0. The zero-order valence-electron chi connectivity index (χ0n) is 10.6. The lowest BCUT2D eigenvalue weighted by molar-refractivity contribution is 0.0939. The van der Waals surface area contributed by atoms with Gasteiger partial charge in [-0.3, -0.25) is 4.79 Å². The molecule has 0 atom stereocenters. The molecule has 0 unspecified atom stereocenters. The standard InChI is InChI=1S/C13H20N2O.ClH/c1-13(2,3)9-15-12(16)11-6-4-10(8-14)5-7-11;/h4-7H,8-9,14H2,1-3H3,(H,15,16);1H. The number of halogens is 1. The highest BCUT2D eigenvalue weighted by molar-refractivity contribution is 5.94. The number of hydrogen-bond acceptors (Lipinski definition) is 2. The molecule has 0 bridgehead atoms. The maximum atomic E-state index is 11.7. The van der Waals surface area contributed by atoms with E-state index in [9.17, 15) is 4.79 Å². The number of carbonyl (C=O) groups excluding carboxylic acids is 1. The van der Waals surface area contributed by atoms with E-state index in [1.807, 2.05) is 12.1 Å². The van der Waals surface area contributed by atoms with E-state index in [0.717, 1.165) is 5.56 Å². The van der Waals surface area contributed by atoms with Gasteiger partial charge in [-0.25, -0.2) is 0 Å². The molecule has 3 nitrogen and oxygen atoms in total. The maximum Gasteiger partial charge on any atom is 0.251 e. The van der Waals surface area contributed by atoms with Gasteiger partial charge < -0.3 is 11.1 Å². The van der Waals surface area contributed by atoms with Crippen LogP contribution in [0.5, 0.6) is 0 Å². The van der Waals surface area contributed by atoms with Gasteiger partial charge >= 0.3 is 0 Å². The predicted molar refractivity (Wildman–Crippen MR) is 73.4 cm³/mol. The van der Waals surface area contributed by atoms with Gasteiger partial charge in [-0.05, 0) is 23.1 Å². The lowest BCUT2D eigenvalue weighted by Crippen LogP contribution is -2.32. The Bertz CT molecular complexity index is 355. The molecule has 0 fully saturated rings. The second-order valence-corrected chi connectivity index (χ2v) is 5.14. The van der Waals surface area contributed by atoms with Crippen molar-refractivity contribution in [2.24, 2.45) is 11.1 Å². The first-order valence-corrected chi connectivity index (χ1v) is 5.49. The highest BCUT2D eigenvalue weighted by atomic mass is 35.5. The van der Waals surface area contributed by atoms with Crippen molar-refractivity contribution < 1.29 is 4.79 Å². The number of hydrogen-bond donors (Lipinski definition) is 2. The van der Waals surface area contributed by atoms with Crippen LogP contribution < -0.4 is 11.1 Å². The first-order chi connectivity index (χ1) is 7.42. The van der Waals surface area contributed by atoms with E-state index in [4.69, 9.17) is 5.73 Å². The molecule has 3 N–H and O–H groups in total. The van der Waals surface area contributed by atoms with Crippen molar-refractivity contribution >= 4 is 18.3 Å². The van der Waals surface area contributed by atoms with E-state index in [0.29, 0.717) is 18.7 Å². The Balaban J connectivity index is 0.00000256. The van der Waals surface area contributed by atoms with Crippen LogP contribution in [-0.2, 0) is 6.54 Å². The molecule has 0 aliphatic rings. The molecule has 0 saturated heterocycles. The summed E-state index contributed by atoms with van der Waals surface area (Å²) < 4.78 is 0. The Hall–Kier alpha value is -1.06. The zero-order valence-corrected chi connectivity index (χ0v) is 11.4. The molecule has 0 heterocycles. The molecule has 0 saturated carbocycles. The molecule has 0 aromatic heterocycles. The van der Waals surface area contributed by atoms with Gasteiger partial charge in [0.2, 0.25) is 0 Å². The smallest absolute Gasteiger partial charge is 0.251 e. The second-order valence-electron chi connectivity index (χ2n) is 5.14. The van der Waals surface area contributed by atoms with Gasteiger partial charge in [0, 0.05) is 18.7 Å². The minimum absolute atomic E-state index is 0. The highest BCUT2D eigenvalue weighted by Gasteiger charge is 2.12. The van der Waals surface area contributed by atoms with Crippen LogP contribution in [0, 0.1) is 5.41 Å². The number of nitrogens with one attached hydrogen (secondary N) is 1. The Kier molecular flexibility index (Phi) is 6.21. The van der Waals surface area contributed by atoms with Crippen LogP contribution in [0.3, 0.4) is 0 Å². The monoisotopic (exact) mass is 256 g/mol. The number of carbonyl (C=O) groups is 1. The van der Waals surface area contributed by atoms with Crippen molar-refractivity contribution in [1.29, 1.82) is 0 Å². The van der Waals surface area contributed by atoms with E-state index in [2.05, 4.69) is 26.1 Å². The zero-order chi connectivity index (χ0) is 12.2. The molecule has 1 rings (SSSR count). The normalized spacial score (nSPS) is 10.6. The van der Waals surface area contributed by atoms with Gasteiger partial charge in [-0.1, -0.05) is 32.9 Å². The average molecular weight is 257 g/mol. The largest absolute Gasteiger partial charge is 0.352 e. The van der Waals surface area contributed by atoms with Crippen molar-refractivity contribution in [3.05, 3.63) is 35.4 Å². The Morgan fingerprint density at radius 2 is 1.76 bits per heavy atom.